The first-order valence-corrected chi connectivity index (χ1v) is 14.4. The van der Waals surface area contributed by atoms with E-state index in [1.165, 1.54) is 27.7 Å². The molecule has 2 aromatic carbocycles. The monoisotopic (exact) mass is 655 g/mol. The number of carbonyl (C=O) groups is 3. The number of fused-ring (bicyclic) bond motifs is 3. The first kappa shape index (κ1) is 30.3. The number of nitrogens with one attached hydrogen (secondary N) is 1. The molecule has 1 aliphatic heterocycles. The van der Waals surface area contributed by atoms with Gasteiger partial charge in [-0.2, -0.15) is 4.68 Å². The van der Waals surface area contributed by atoms with Crippen LogP contribution in [0.15, 0.2) is 47.5 Å². The van der Waals surface area contributed by atoms with Crippen molar-refractivity contribution in [2.45, 2.75) is 44.8 Å². The topological polar surface area (TPSA) is 160 Å². The fourth-order valence-electron chi connectivity index (χ4n) is 5.28. The molecule has 3 atom stereocenters. The Balaban J connectivity index is 1.19. The number of rotatable bonds is 7. The summed E-state index contributed by atoms with van der Waals surface area (Å²) in [7, 11) is 0. The molecule has 1 aliphatic carbocycles. The van der Waals surface area contributed by atoms with E-state index >= 15 is 4.39 Å². The van der Waals surface area contributed by atoms with Gasteiger partial charge in [0, 0.05) is 28.5 Å². The number of amides is 1. The highest BCUT2D eigenvalue weighted by Crippen LogP contribution is 2.58. The number of halogens is 3. The van der Waals surface area contributed by atoms with Crippen LogP contribution < -0.4 is 10.9 Å². The number of nitrogens with zero attached hydrogens (tertiary/aromatic N) is 6. The first-order chi connectivity index (χ1) is 21.3. The van der Waals surface area contributed by atoms with E-state index in [1.54, 1.807) is 39.0 Å². The normalized spacial score (nSPS) is 18.1. The highest BCUT2D eigenvalue weighted by molar-refractivity contribution is 6.34. The van der Waals surface area contributed by atoms with Crippen LogP contribution >= 0.6 is 23.2 Å². The van der Waals surface area contributed by atoms with E-state index in [9.17, 15) is 19.2 Å². The van der Waals surface area contributed by atoms with E-state index in [0.29, 0.717) is 34.2 Å². The summed E-state index contributed by atoms with van der Waals surface area (Å²) in [6.45, 7) is 4.18. The van der Waals surface area contributed by atoms with Gasteiger partial charge in [0.1, 0.15) is 28.8 Å². The van der Waals surface area contributed by atoms with Crippen molar-refractivity contribution in [1.29, 1.82) is 0 Å². The largest absolute Gasteiger partial charge is 0.456 e. The van der Waals surface area contributed by atoms with Gasteiger partial charge in [0.15, 0.2) is 12.4 Å². The molecule has 1 fully saturated rings. The molecule has 1 saturated carbocycles. The quantitative estimate of drug-likeness (QED) is 0.217. The summed E-state index contributed by atoms with van der Waals surface area (Å²) in [5.41, 5.74) is -0.459. The minimum absolute atomic E-state index is 0.103. The molecule has 13 nitrogen and oxygen atoms in total. The van der Waals surface area contributed by atoms with Crippen molar-refractivity contribution < 1.29 is 28.2 Å². The highest BCUT2D eigenvalue weighted by atomic mass is 35.5. The molecule has 16 heteroatoms. The summed E-state index contributed by atoms with van der Waals surface area (Å²) in [6, 6.07) is 7.61. The molecule has 232 valence electrons. The third-order valence-corrected chi connectivity index (χ3v) is 7.87. The second kappa shape index (κ2) is 11.3. The molecule has 0 saturated heterocycles. The smallest absolute Gasteiger partial charge is 0.412 e. The van der Waals surface area contributed by atoms with Crippen molar-refractivity contribution in [3.05, 3.63) is 80.3 Å². The molecule has 4 aromatic rings. The van der Waals surface area contributed by atoms with Gasteiger partial charge in [-0.25, -0.2) is 19.0 Å². The molecule has 0 radical (unpaired) electrons. The third-order valence-electron chi connectivity index (χ3n) is 7.27. The maximum absolute atomic E-state index is 15.0. The average Bonchev–Trinajstić information content (AvgIpc) is 3.40. The Hall–Kier alpha value is -4.69. The van der Waals surface area contributed by atoms with Crippen LogP contribution in [-0.4, -0.2) is 59.8 Å². The third kappa shape index (κ3) is 5.90. The Morgan fingerprint density at radius 1 is 1.13 bits per heavy atom. The van der Waals surface area contributed by atoms with Gasteiger partial charge in [-0.15, -0.1) is 5.10 Å². The molecule has 1 N–H and O–H groups in total. The molecule has 45 heavy (non-hydrogen) atoms. The summed E-state index contributed by atoms with van der Waals surface area (Å²) in [5, 5.41) is 13.4. The van der Waals surface area contributed by atoms with Gasteiger partial charge in [0.05, 0.1) is 22.6 Å². The van der Waals surface area contributed by atoms with Crippen LogP contribution in [0.2, 0.25) is 10.0 Å². The molecular formula is C29H24Cl2FN7O6. The number of tetrazole rings is 1. The number of aromatic nitrogens is 6. The van der Waals surface area contributed by atoms with Crippen molar-refractivity contribution in [3.8, 4) is 16.9 Å². The lowest BCUT2D eigenvalue weighted by atomic mass is 10.1. The minimum atomic E-state index is -1.10. The lowest BCUT2D eigenvalue weighted by molar-refractivity contribution is -0.147. The molecule has 2 aliphatic rings. The van der Waals surface area contributed by atoms with Gasteiger partial charge in [-0.3, -0.25) is 19.5 Å². The number of hydrogen-bond donors (Lipinski definition) is 1. The van der Waals surface area contributed by atoms with E-state index in [1.807, 2.05) is 0 Å². The van der Waals surface area contributed by atoms with E-state index in [2.05, 4.69) is 20.8 Å². The van der Waals surface area contributed by atoms with Crippen LogP contribution in [0, 0.1) is 11.7 Å². The minimum Gasteiger partial charge on any atom is -0.456 e. The average molecular weight is 656 g/mol. The summed E-state index contributed by atoms with van der Waals surface area (Å²) in [6.07, 6.45) is 1.13. The second-order valence-corrected chi connectivity index (χ2v) is 12.3. The summed E-state index contributed by atoms with van der Waals surface area (Å²) >= 11 is 12.3. The van der Waals surface area contributed by atoms with Crippen LogP contribution in [-0.2, 0) is 14.3 Å². The number of hydrogen-bond acceptors (Lipinski definition) is 10. The van der Waals surface area contributed by atoms with Gasteiger partial charge in [-0.1, -0.05) is 23.2 Å². The van der Waals surface area contributed by atoms with Crippen molar-refractivity contribution in [2.24, 2.45) is 5.92 Å². The molecule has 3 heterocycles. The van der Waals surface area contributed by atoms with Gasteiger partial charge in [0.25, 0.3) is 5.56 Å². The zero-order valence-electron chi connectivity index (χ0n) is 24.0. The van der Waals surface area contributed by atoms with Gasteiger partial charge < -0.3 is 9.47 Å². The predicted molar refractivity (Wildman–Crippen MR) is 158 cm³/mol. The van der Waals surface area contributed by atoms with Crippen LogP contribution in [0.25, 0.3) is 16.9 Å². The van der Waals surface area contributed by atoms with E-state index < -0.39 is 58.1 Å². The van der Waals surface area contributed by atoms with E-state index in [0.717, 1.165) is 6.07 Å². The van der Waals surface area contributed by atoms with Crippen LogP contribution in [0.5, 0.6) is 0 Å². The Bertz CT molecular complexity index is 1930. The van der Waals surface area contributed by atoms with Crippen LogP contribution in [0.1, 0.15) is 55.3 Å². The Labute approximate surface area is 264 Å². The van der Waals surface area contributed by atoms with Crippen molar-refractivity contribution in [2.75, 3.05) is 11.9 Å². The zero-order valence-corrected chi connectivity index (χ0v) is 25.5. The first-order valence-electron chi connectivity index (χ1n) is 13.7. The molecule has 0 unspecified atom stereocenters. The van der Waals surface area contributed by atoms with Crippen LogP contribution in [0.3, 0.4) is 0 Å². The summed E-state index contributed by atoms with van der Waals surface area (Å²) in [4.78, 5) is 56.1. The molecule has 0 bridgehead atoms. The Morgan fingerprint density at radius 2 is 1.91 bits per heavy atom. The fourth-order valence-corrected chi connectivity index (χ4v) is 5.66. The number of carbonyl (C=O) groups excluding carboxylic acids is 3. The van der Waals surface area contributed by atoms with Crippen LogP contribution in [0.4, 0.5) is 14.9 Å². The lowest BCUT2D eigenvalue weighted by Gasteiger charge is -2.20. The number of benzene rings is 2. The molecular weight excluding hydrogens is 632 g/mol. The Morgan fingerprint density at radius 3 is 2.62 bits per heavy atom. The van der Waals surface area contributed by atoms with Gasteiger partial charge >= 0.3 is 12.1 Å². The number of ketones is 1. The number of Topliss-reactive ketones (excluding diaryl/α,β-unsaturated/α-hetero) is 1. The molecule has 0 spiro atoms. The molecule has 2 aromatic heterocycles. The number of anilines is 1. The van der Waals surface area contributed by atoms with Crippen molar-refractivity contribution >= 4 is 46.7 Å². The zero-order chi connectivity index (χ0) is 32.2. The standard InChI is InChI=1S/C29H24Cl2FN7O6/c1-29(2,3)45-28(43)35-18-6-5-14(24(32)23(18)31)21(40)11-44-27(42)25-15-9-16(15)26-34-19(10-22(41)39(25)26)17-8-13(30)4-7-20(17)38-12-33-36-37-38/h4-8,10,12,15-16,25H,9,11H2,1-3H3,(H,35,43)/t15-,16+,25-/m0/s1. The summed E-state index contributed by atoms with van der Waals surface area (Å²) in [5.74, 6) is -2.79. The summed E-state index contributed by atoms with van der Waals surface area (Å²) < 4.78 is 28.1. The second-order valence-electron chi connectivity index (χ2n) is 11.5. The van der Waals surface area contributed by atoms with Gasteiger partial charge in [0.2, 0.25) is 5.78 Å². The predicted octanol–water partition coefficient (Wildman–Crippen LogP) is 4.76. The SMILES string of the molecule is CC(C)(C)OC(=O)Nc1ccc(C(=O)COC(=O)[C@@H]2[C@H]3C[C@H]3c3nc(-c4cc(Cl)ccc4-n4cnnn4)cc(=O)n32)c(F)c1Cl. The molecule has 6 rings (SSSR count). The number of ether oxygens (including phenoxy) is 2. The Kier molecular flexibility index (Phi) is 7.65. The fraction of sp³-hybridized carbons (Fsp3) is 0.310. The maximum atomic E-state index is 15.0. The van der Waals surface area contributed by atoms with Gasteiger partial charge in [-0.05, 0) is 68.0 Å². The van der Waals surface area contributed by atoms with Crippen molar-refractivity contribution in [3.63, 3.8) is 0 Å². The number of esters is 1. The highest BCUT2D eigenvalue weighted by Gasteiger charge is 2.57. The lowest BCUT2D eigenvalue weighted by Crippen LogP contribution is -2.32. The molecule has 1 amide bonds. The maximum Gasteiger partial charge on any atom is 0.412 e. The van der Waals surface area contributed by atoms with E-state index in [4.69, 9.17) is 37.7 Å². The van der Waals surface area contributed by atoms with E-state index in [-0.39, 0.29) is 17.5 Å². The van der Waals surface area contributed by atoms with Crippen molar-refractivity contribution in [1.82, 2.24) is 29.8 Å².